The highest BCUT2D eigenvalue weighted by Gasteiger charge is 2.09. The van der Waals surface area contributed by atoms with Gasteiger partial charge in [0.2, 0.25) is 5.91 Å². The second-order valence-electron chi connectivity index (χ2n) is 5.82. The molecule has 0 saturated carbocycles. The van der Waals surface area contributed by atoms with E-state index in [1.165, 1.54) is 23.9 Å². The lowest BCUT2D eigenvalue weighted by molar-refractivity contribution is -0.113. The van der Waals surface area contributed by atoms with Gasteiger partial charge in [0.15, 0.2) is 5.16 Å². The number of halogens is 1. The molecule has 0 unspecified atom stereocenters. The topological polar surface area (TPSA) is 54.9 Å². The maximum atomic E-state index is 13.0. The number of aryl methyl sites for hydroxylation is 1. The lowest BCUT2D eigenvalue weighted by atomic mass is 10.1. The van der Waals surface area contributed by atoms with E-state index in [9.17, 15) is 9.18 Å². The third-order valence-electron chi connectivity index (χ3n) is 3.98. The third-order valence-corrected chi connectivity index (χ3v) is 4.85. The van der Waals surface area contributed by atoms with Crippen molar-refractivity contribution in [2.75, 3.05) is 11.1 Å². The number of hydrogen-bond acceptors (Lipinski definition) is 4. The number of nitrogens with one attached hydrogen (secondary N) is 1. The first kappa shape index (κ1) is 18.1. The summed E-state index contributed by atoms with van der Waals surface area (Å²) < 4.78 is 13.0. The van der Waals surface area contributed by atoms with E-state index in [-0.39, 0.29) is 17.5 Å². The summed E-state index contributed by atoms with van der Waals surface area (Å²) in [5, 5.41) is 3.42. The molecule has 0 atom stereocenters. The first-order valence-corrected chi connectivity index (χ1v) is 9.09. The second-order valence-corrected chi connectivity index (χ2v) is 6.76. The van der Waals surface area contributed by atoms with E-state index < -0.39 is 0 Å². The van der Waals surface area contributed by atoms with E-state index >= 15 is 0 Å². The molecule has 1 N–H and O–H groups in total. The summed E-state index contributed by atoms with van der Waals surface area (Å²) >= 11 is 1.26. The fraction of sp³-hybridized carbons (Fsp3) is 0.150. The average Bonchev–Trinajstić information content (AvgIpc) is 2.65. The molecule has 0 spiro atoms. The number of carbonyl (C=O) groups is 1. The predicted molar refractivity (Wildman–Crippen MR) is 103 cm³/mol. The van der Waals surface area contributed by atoms with Crippen molar-refractivity contribution in [1.82, 2.24) is 9.97 Å². The van der Waals surface area contributed by atoms with Crippen LogP contribution in [0.3, 0.4) is 0 Å². The minimum absolute atomic E-state index is 0.112. The highest BCUT2D eigenvalue weighted by Crippen LogP contribution is 2.22. The number of benzene rings is 2. The second kappa shape index (κ2) is 8.10. The number of nitrogens with zero attached hydrogens (tertiary/aromatic N) is 2. The predicted octanol–water partition coefficient (Wildman–Crippen LogP) is 4.63. The van der Waals surface area contributed by atoms with Gasteiger partial charge in [0.1, 0.15) is 5.82 Å². The van der Waals surface area contributed by atoms with Crippen LogP contribution in [0.25, 0.3) is 11.3 Å². The molecule has 3 aromatic rings. The summed E-state index contributed by atoms with van der Waals surface area (Å²) in [4.78, 5) is 20.8. The van der Waals surface area contributed by atoms with Crippen LogP contribution in [0.1, 0.15) is 11.1 Å². The summed E-state index contributed by atoms with van der Waals surface area (Å²) in [5.74, 6) is -0.194. The van der Waals surface area contributed by atoms with Crippen LogP contribution in [-0.4, -0.2) is 21.6 Å². The maximum Gasteiger partial charge on any atom is 0.234 e. The SMILES string of the molecule is Cc1cccc(NC(=O)CSc2nccc(-c3ccc(F)cc3)n2)c1C. The van der Waals surface area contributed by atoms with E-state index in [2.05, 4.69) is 15.3 Å². The molecule has 2 aromatic carbocycles. The minimum Gasteiger partial charge on any atom is -0.325 e. The lowest BCUT2D eigenvalue weighted by Gasteiger charge is -2.10. The Labute approximate surface area is 155 Å². The van der Waals surface area contributed by atoms with Crippen LogP contribution in [0.15, 0.2) is 59.9 Å². The maximum absolute atomic E-state index is 13.0. The van der Waals surface area contributed by atoms with E-state index in [0.717, 1.165) is 22.4 Å². The Morgan fingerprint density at radius 1 is 1.12 bits per heavy atom. The van der Waals surface area contributed by atoms with E-state index in [0.29, 0.717) is 10.9 Å². The molecule has 26 heavy (non-hydrogen) atoms. The van der Waals surface area contributed by atoms with Gasteiger partial charge >= 0.3 is 0 Å². The minimum atomic E-state index is -0.291. The molecule has 0 aliphatic carbocycles. The van der Waals surface area contributed by atoms with Gasteiger partial charge < -0.3 is 5.32 Å². The molecule has 1 aromatic heterocycles. The van der Waals surface area contributed by atoms with Crippen molar-refractivity contribution in [3.8, 4) is 11.3 Å². The van der Waals surface area contributed by atoms with E-state index in [4.69, 9.17) is 0 Å². The molecule has 0 bridgehead atoms. The molecule has 0 radical (unpaired) electrons. The number of hydrogen-bond donors (Lipinski definition) is 1. The van der Waals surface area contributed by atoms with Crippen LogP contribution in [0, 0.1) is 19.7 Å². The van der Waals surface area contributed by atoms with Crippen LogP contribution in [-0.2, 0) is 4.79 Å². The van der Waals surface area contributed by atoms with Crippen molar-refractivity contribution < 1.29 is 9.18 Å². The molecule has 4 nitrogen and oxygen atoms in total. The largest absolute Gasteiger partial charge is 0.325 e. The fourth-order valence-electron chi connectivity index (χ4n) is 2.39. The van der Waals surface area contributed by atoms with E-state index in [1.54, 1.807) is 24.4 Å². The molecule has 0 saturated heterocycles. The summed E-state index contributed by atoms with van der Waals surface area (Å²) in [7, 11) is 0. The van der Waals surface area contributed by atoms with Gasteiger partial charge in [0.25, 0.3) is 0 Å². The molecule has 0 aliphatic heterocycles. The Morgan fingerprint density at radius 3 is 2.65 bits per heavy atom. The van der Waals surface area contributed by atoms with Crippen LogP contribution in [0.4, 0.5) is 10.1 Å². The zero-order valence-electron chi connectivity index (χ0n) is 14.5. The van der Waals surface area contributed by atoms with Gasteiger partial charge in [-0.3, -0.25) is 4.79 Å². The van der Waals surface area contributed by atoms with Crippen molar-refractivity contribution in [2.24, 2.45) is 0 Å². The molecule has 0 aliphatic rings. The average molecular weight is 367 g/mol. The van der Waals surface area contributed by atoms with Crippen molar-refractivity contribution in [3.05, 3.63) is 71.7 Å². The van der Waals surface area contributed by atoms with Gasteiger partial charge in [0.05, 0.1) is 11.4 Å². The van der Waals surface area contributed by atoms with Crippen LogP contribution in [0.2, 0.25) is 0 Å². The van der Waals surface area contributed by atoms with Crippen LogP contribution in [0.5, 0.6) is 0 Å². The Kier molecular flexibility index (Phi) is 5.63. The number of aromatic nitrogens is 2. The fourth-order valence-corrected chi connectivity index (χ4v) is 3.03. The Morgan fingerprint density at radius 2 is 1.88 bits per heavy atom. The van der Waals surface area contributed by atoms with Gasteiger partial charge in [-0.1, -0.05) is 23.9 Å². The zero-order valence-corrected chi connectivity index (χ0v) is 15.3. The summed E-state index contributed by atoms with van der Waals surface area (Å²) in [6, 6.07) is 13.7. The first-order valence-electron chi connectivity index (χ1n) is 8.11. The quantitative estimate of drug-likeness (QED) is 0.528. The van der Waals surface area contributed by atoms with Crippen molar-refractivity contribution in [1.29, 1.82) is 0 Å². The number of thioether (sulfide) groups is 1. The monoisotopic (exact) mass is 367 g/mol. The Hall–Kier alpha value is -2.73. The third kappa shape index (κ3) is 4.46. The van der Waals surface area contributed by atoms with Gasteiger partial charge in [-0.25, -0.2) is 14.4 Å². The summed E-state index contributed by atoms with van der Waals surface area (Å²) in [6.07, 6.45) is 1.64. The van der Waals surface area contributed by atoms with Gasteiger partial charge in [-0.2, -0.15) is 0 Å². The van der Waals surface area contributed by atoms with Gasteiger partial charge in [-0.15, -0.1) is 0 Å². The number of carbonyl (C=O) groups excluding carboxylic acids is 1. The summed E-state index contributed by atoms with van der Waals surface area (Å²) in [6.45, 7) is 3.99. The molecule has 1 heterocycles. The van der Waals surface area contributed by atoms with Gasteiger partial charge in [-0.05, 0) is 61.4 Å². The molecule has 132 valence electrons. The Bertz CT molecular complexity index is 929. The highest BCUT2D eigenvalue weighted by molar-refractivity contribution is 7.99. The highest BCUT2D eigenvalue weighted by atomic mass is 32.2. The molecular formula is C20H18FN3OS. The number of anilines is 1. The molecule has 6 heteroatoms. The van der Waals surface area contributed by atoms with Crippen molar-refractivity contribution in [2.45, 2.75) is 19.0 Å². The van der Waals surface area contributed by atoms with Crippen molar-refractivity contribution in [3.63, 3.8) is 0 Å². The van der Waals surface area contributed by atoms with Crippen LogP contribution < -0.4 is 5.32 Å². The normalized spacial score (nSPS) is 10.6. The Balaban J connectivity index is 1.64. The van der Waals surface area contributed by atoms with Gasteiger partial charge in [0, 0.05) is 17.4 Å². The lowest BCUT2D eigenvalue weighted by Crippen LogP contribution is -2.15. The molecule has 0 fully saturated rings. The number of rotatable bonds is 5. The molecular weight excluding hydrogens is 349 g/mol. The molecule has 3 rings (SSSR count). The van der Waals surface area contributed by atoms with Crippen LogP contribution >= 0.6 is 11.8 Å². The van der Waals surface area contributed by atoms with E-state index in [1.807, 2.05) is 32.0 Å². The first-order chi connectivity index (χ1) is 12.5. The van der Waals surface area contributed by atoms with Crippen molar-refractivity contribution >= 4 is 23.4 Å². The zero-order chi connectivity index (χ0) is 18.5. The molecule has 1 amide bonds. The standard InChI is InChI=1S/C20H18FN3OS/c1-13-4-3-5-17(14(13)2)23-19(25)12-26-20-22-11-10-18(24-20)15-6-8-16(21)9-7-15/h3-11H,12H2,1-2H3,(H,23,25). The summed E-state index contributed by atoms with van der Waals surface area (Å²) in [5.41, 5.74) is 4.50. The number of amides is 1. The smallest absolute Gasteiger partial charge is 0.234 e.